The molecular weight excluding hydrogens is 236 g/mol. The van der Waals surface area contributed by atoms with Crippen LogP contribution < -0.4 is 0 Å². The van der Waals surface area contributed by atoms with E-state index in [0.717, 1.165) is 15.9 Å². The lowest BCUT2D eigenvalue weighted by molar-refractivity contribution is -0.142. The summed E-state index contributed by atoms with van der Waals surface area (Å²) in [5.41, 5.74) is 1.89. The van der Waals surface area contributed by atoms with Crippen molar-refractivity contribution >= 4 is 28.8 Å². The third kappa shape index (κ3) is 2.44. The van der Waals surface area contributed by atoms with E-state index in [1.54, 1.807) is 6.33 Å². The molecule has 1 aromatic carbocycles. The number of carbonyl (C=O) groups is 1. The normalized spacial score (nSPS) is 11.7. The summed E-state index contributed by atoms with van der Waals surface area (Å²) >= 11 is 1.47. The van der Waals surface area contributed by atoms with Crippen molar-refractivity contribution in [3.05, 3.63) is 24.5 Å². The summed E-state index contributed by atoms with van der Waals surface area (Å²) in [4.78, 5) is 19.8. The van der Waals surface area contributed by atoms with E-state index >= 15 is 0 Å². The van der Waals surface area contributed by atoms with Crippen molar-refractivity contribution in [1.29, 1.82) is 0 Å². The van der Waals surface area contributed by atoms with Crippen molar-refractivity contribution in [2.24, 2.45) is 0 Å². The van der Waals surface area contributed by atoms with E-state index in [1.165, 1.54) is 18.9 Å². The molecule has 0 atom stereocenters. The summed E-state index contributed by atoms with van der Waals surface area (Å²) in [6.07, 6.45) is 1.66. The molecule has 1 heterocycles. The fraction of sp³-hybridized carbons (Fsp3) is 0.333. The Labute approximate surface area is 104 Å². The van der Waals surface area contributed by atoms with Gasteiger partial charge in [0.05, 0.1) is 24.5 Å². The maximum Gasteiger partial charge on any atom is 0.321 e. The first-order valence-corrected chi connectivity index (χ1v) is 6.05. The molecule has 0 spiro atoms. The van der Waals surface area contributed by atoms with Gasteiger partial charge in [0, 0.05) is 4.90 Å². The molecule has 0 unspecified atom stereocenters. The van der Waals surface area contributed by atoms with E-state index < -0.39 is 4.75 Å². The van der Waals surface area contributed by atoms with Gasteiger partial charge in [0.1, 0.15) is 4.75 Å². The Hall–Kier alpha value is -1.49. The third-order valence-corrected chi connectivity index (χ3v) is 3.61. The Balaban J connectivity index is 2.25. The second kappa shape index (κ2) is 4.41. The Morgan fingerprint density at radius 3 is 2.94 bits per heavy atom. The van der Waals surface area contributed by atoms with Gasteiger partial charge in [-0.3, -0.25) is 4.79 Å². The number of methoxy groups -OCH3 is 1. The lowest BCUT2D eigenvalue weighted by atomic mass is 10.2. The highest BCUT2D eigenvalue weighted by Crippen LogP contribution is 2.34. The first-order chi connectivity index (χ1) is 8.03. The fourth-order valence-corrected chi connectivity index (χ4v) is 2.63. The molecule has 0 bridgehead atoms. The van der Waals surface area contributed by atoms with Gasteiger partial charge in [-0.15, -0.1) is 11.8 Å². The first kappa shape index (κ1) is 12.0. The number of hydrogen-bond acceptors (Lipinski definition) is 4. The van der Waals surface area contributed by atoms with Crippen LogP contribution in [0.4, 0.5) is 0 Å². The number of imidazole rings is 1. The SMILES string of the molecule is COC(=O)C(C)(C)Sc1ccc2nc[nH]c2c1. The van der Waals surface area contributed by atoms with Crippen LogP contribution in [0.2, 0.25) is 0 Å². The molecule has 0 aliphatic heterocycles. The van der Waals surface area contributed by atoms with Gasteiger partial charge in [0.25, 0.3) is 0 Å². The predicted octanol–water partition coefficient (Wildman–Crippen LogP) is 2.61. The number of ether oxygens (including phenoxy) is 1. The molecule has 1 N–H and O–H groups in total. The molecule has 2 aromatic rings. The molecule has 90 valence electrons. The van der Waals surface area contributed by atoms with Crippen LogP contribution in [0.25, 0.3) is 11.0 Å². The number of H-pyrrole nitrogens is 1. The molecule has 5 heteroatoms. The smallest absolute Gasteiger partial charge is 0.321 e. The van der Waals surface area contributed by atoms with E-state index in [1.807, 2.05) is 32.0 Å². The van der Waals surface area contributed by atoms with Gasteiger partial charge in [-0.25, -0.2) is 4.98 Å². The van der Waals surface area contributed by atoms with Crippen LogP contribution in [0, 0.1) is 0 Å². The van der Waals surface area contributed by atoms with Gasteiger partial charge in [0.15, 0.2) is 0 Å². The number of thioether (sulfide) groups is 1. The first-order valence-electron chi connectivity index (χ1n) is 5.23. The zero-order valence-electron chi connectivity index (χ0n) is 9.98. The van der Waals surface area contributed by atoms with Gasteiger partial charge in [-0.2, -0.15) is 0 Å². The Morgan fingerprint density at radius 1 is 1.47 bits per heavy atom. The number of fused-ring (bicyclic) bond motifs is 1. The van der Waals surface area contributed by atoms with Gasteiger partial charge in [-0.05, 0) is 32.0 Å². The summed E-state index contributed by atoms with van der Waals surface area (Å²) in [5, 5.41) is 0. The fourth-order valence-electron chi connectivity index (χ4n) is 1.56. The van der Waals surface area contributed by atoms with Crippen molar-refractivity contribution in [3.63, 3.8) is 0 Å². The zero-order chi connectivity index (χ0) is 12.5. The van der Waals surface area contributed by atoms with Gasteiger partial charge >= 0.3 is 5.97 Å². The number of hydrogen-bond donors (Lipinski definition) is 1. The molecular formula is C12H14N2O2S. The molecule has 0 radical (unpaired) electrons. The maximum atomic E-state index is 11.6. The second-order valence-corrected chi connectivity index (χ2v) is 5.88. The summed E-state index contributed by atoms with van der Waals surface area (Å²) < 4.78 is 4.18. The van der Waals surface area contributed by atoms with Crippen molar-refractivity contribution in [3.8, 4) is 0 Å². The number of carbonyl (C=O) groups excluding carboxylic acids is 1. The zero-order valence-corrected chi connectivity index (χ0v) is 10.8. The summed E-state index contributed by atoms with van der Waals surface area (Å²) in [5.74, 6) is -0.229. The molecule has 0 amide bonds. The van der Waals surface area contributed by atoms with Crippen LogP contribution in [0.5, 0.6) is 0 Å². The van der Waals surface area contributed by atoms with Gasteiger partial charge in [-0.1, -0.05) is 0 Å². The lowest BCUT2D eigenvalue weighted by Crippen LogP contribution is -2.28. The molecule has 17 heavy (non-hydrogen) atoms. The number of aromatic nitrogens is 2. The molecule has 0 saturated heterocycles. The maximum absolute atomic E-state index is 11.6. The van der Waals surface area contributed by atoms with E-state index in [-0.39, 0.29) is 5.97 Å². The largest absolute Gasteiger partial charge is 0.468 e. The highest BCUT2D eigenvalue weighted by Gasteiger charge is 2.30. The molecule has 1 aromatic heterocycles. The number of esters is 1. The highest BCUT2D eigenvalue weighted by molar-refractivity contribution is 8.01. The quantitative estimate of drug-likeness (QED) is 0.672. The molecule has 2 rings (SSSR count). The van der Waals surface area contributed by atoms with Crippen molar-refractivity contribution in [1.82, 2.24) is 9.97 Å². The van der Waals surface area contributed by atoms with Gasteiger partial charge in [0.2, 0.25) is 0 Å². The molecule has 0 aliphatic carbocycles. The average molecular weight is 250 g/mol. The van der Waals surface area contributed by atoms with E-state index in [9.17, 15) is 4.79 Å². The number of nitrogens with one attached hydrogen (secondary N) is 1. The van der Waals surface area contributed by atoms with Crippen LogP contribution in [0.1, 0.15) is 13.8 Å². The van der Waals surface area contributed by atoms with Crippen LogP contribution in [0.3, 0.4) is 0 Å². The van der Waals surface area contributed by atoms with E-state index in [4.69, 9.17) is 4.74 Å². The summed E-state index contributed by atoms with van der Waals surface area (Å²) in [6.45, 7) is 3.70. The number of benzene rings is 1. The Kier molecular flexibility index (Phi) is 3.11. The van der Waals surface area contributed by atoms with Gasteiger partial charge < -0.3 is 9.72 Å². The van der Waals surface area contributed by atoms with Crippen LogP contribution in [0.15, 0.2) is 29.4 Å². The summed E-state index contributed by atoms with van der Waals surface area (Å²) in [7, 11) is 1.41. The second-order valence-electron chi connectivity index (χ2n) is 4.19. The third-order valence-electron chi connectivity index (χ3n) is 2.44. The molecule has 0 aliphatic rings. The predicted molar refractivity (Wildman–Crippen MR) is 68.0 cm³/mol. The minimum atomic E-state index is -0.595. The summed E-state index contributed by atoms with van der Waals surface area (Å²) in [6, 6.07) is 5.87. The number of rotatable bonds is 3. The Bertz CT molecular complexity index is 548. The lowest BCUT2D eigenvalue weighted by Gasteiger charge is -2.20. The van der Waals surface area contributed by atoms with Crippen molar-refractivity contribution in [2.45, 2.75) is 23.5 Å². The number of aromatic amines is 1. The van der Waals surface area contributed by atoms with Crippen molar-refractivity contribution in [2.75, 3.05) is 7.11 Å². The molecule has 4 nitrogen and oxygen atoms in total. The van der Waals surface area contributed by atoms with E-state index in [2.05, 4.69) is 9.97 Å². The molecule has 0 fully saturated rings. The standard InChI is InChI=1S/C12H14N2O2S/c1-12(2,11(15)16-3)17-8-4-5-9-10(6-8)14-7-13-9/h4-7H,1-3H3,(H,13,14). The number of nitrogens with zero attached hydrogens (tertiary/aromatic N) is 1. The monoisotopic (exact) mass is 250 g/mol. The minimum Gasteiger partial charge on any atom is -0.468 e. The average Bonchev–Trinajstić information content (AvgIpc) is 2.74. The Morgan fingerprint density at radius 2 is 2.24 bits per heavy atom. The molecule has 0 saturated carbocycles. The van der Waals surface area contributed by atoms with Crippen LogP contribution >= 0.6 is 11.8 Å². The highest BCUT2D eigenvalue weighted by atomic mass is 32.2. The van der Waals surface area contributed by atoms with E-state index in [0.29, 0.717) is 0 Å². The van der Waals surface area contributed by atoms with Crippen LogP contribution in [-0.2, 0) is 9.53 Å². The van der Waals surface area contributed by atoms with Crippen molar-refractivity contribution < 1.29 is 9.53 Å². The topological polar surface area (TPSA) is 55.0 Å². The van der Waals surface area contributed by atoms with Crippen LogP contribution in [-0.4, -0.2) is 27.8 Å². The minimum absolute atomic E-state index is 0.229.